The molecule has 3 heteroatoms. The van der Waals surface area contributed by atoms with Crippen LogP contribution in [0.25, 0.3) is 0 Å². The van der Waals surface area contributed by atoms with Gasteiger partial charge in [0.25, 0.3) is 0 Å². The minimum atomic E-state index is -0.225. The Morgan fingerprint density at radius 2 is 2.14 bits per heavy atom. The number of ether oxygens (including phenoxy) is 1. The van der Waals surface area contributed by atoms with Crippen LogP contribution in [-0.4, -0.2) is 24.6 Å². The Kier molecular flexibility index (Phi) is 4.53. The molecule has 0 N–H and O–H groups in total. The van der Waals surface area contributed by atoms with E-state index in [0.29, 0.717) is 12.2 Å². The third-order valence-corrected chi connectivity index (χ3v) is 2.46. The number of hydrogen-bond donors (Lipinski definition) is 0. The van der Waals surface area contributed by atoms with Crippen LogP contribution in [0.2, 0.25) is 0 Å². The summed E-state index contributed by atoms with van der Waals surface area (Å²) < 4.78 is 5.09. The molecule has 1 aromatic rings. The van der Waals surface area contributed by atoms with Crippen molar-refractivity contribution >= 4 is 17.7 Å². The summed E-state index contributed by atoms with van der Waals surface area (Å²) in [6.45, 7) is 2.39. The number of benzene rings is 1. The van der Waals surface area contributed by atoms with Crippen LogP contribution in [0.4, 0.5) is 0 Å². The zero-order valence-corrected chi connectivity index (χ0v) is 9.26. The van der Waals surface area contributed by atoms with Gasteiger partial charge in [-0.2, -0.15) is 11.8 Å². The quantitative estimate of drug-likeness (QED) is 0.564. The predicted molar refractivity (Wildman–Crippen MR) is 59.8 cm³/mol. The lowest BCUT2D eigenvalue weighted by Gasteiger charge is -2.05. The number of hydrogen-bond acceptors (Lipinski definition) is 3. The van der Waals surface area contributed by atoms with Gasteiger partial charge in [-0.25, -0.2) is 4.79 Å². The molecule has 0 atom stereocenters. The third-order valence-electron chi connectivity index (χ3n) is 1.89. The molecule has 0 aliphatic rings. The van der Waals surface area contributed by atoms with Gasteiger partial charge >= 0.3 is 5.97 Å². The molecule has 1 rings (SSSR count). The molecule has 76 valence electrons. The summed E-state index contributed by atoms with van der Waals surface area (Å²) in [5.74, 6) is 0.620. The minimum absolute atomic E-state index is 0.225. The molecule has 0 heterocycles. The number of aryl methyl sites for hydroxylation is 1. The van der Waals surface area contributed by atoms with Gasteiger partial charge in [-0.15, -0.1) is 0 Å². The Bertz CT molecular complexity index is 310. The summed E-state index contributed by atoms with van der Waals surface area (Å²) in [7, 11) is 0. The van der Waals surface area contributed by atoms with E-state index in [1.165, 1.54) is 0 Å². The van der Waals surface area contributed by atoms with E-state index >= 15 is 0 Å². The molecule has 0 aliphatic carbocycles. The van der Waals surface area contributed by atoms with Gasteiger partial charge in [0.1, 0.15) is 6.61 Å². The summed E-state index contributed by atoms with van der Waals surface area (Å²) in [5.41, 5.74) is 1.62. The summed E-state index contributed by atoms with van der Waals surface area (Å²) in [6, 6.07) is 7.45. The van der Waals surface area contributed by atoms with Crippen LogP contribution in [0.15, 0.2) is 24.3 Å². The van der Waals surface area contributed by atoms with Crippen molar-refractivity contribution in [3.05, 3.63) is 35.4 Å². The van der Waals surface area contributed by atoms with Crippen LogP contribution >= 0.6 is 11.8 Å². The maximum absolute atomic E-state index is 11.5. The molecule has 0 aromatic heterocycles. The highest BCUT2D eigenvalue weighted by molar-refractivity contribution is 7.98. The maximum Gasteiger partial charge on any atom is 0.338 e. The second kappa shape index (κ2) is 5.70. The smallest absolute Gasteiger partial charge is 0.338 e. The number of carbonyl (C=O) groups is 1. The van der Waals surface area contributed by atoms with Crippen molar-refractivity contribution in [3.8, 4) is 0 Å². The predicted octanol–water partition coefficient (Wildman–Crippen LogP) is 2.51. The number of thioether (sulfide) groups is 1. The molecule has 0 radical (unpaired) electrons. The van der Waals surface area contributed by atoms with E-state index in [9.17, 15) is 4.79 Å². The first-order valence-corrected chi connectivity index (χ1v) is 5.87. The van der Waals surface area contributed by atoms with Gasteiger partial charge in [0.15, 0.2) is 0 Å². The van der Waals surface area contributed by atoms with Crippen molar-refractivity contribution in [1.29, 1.82) is 0 Å². The zero-order chi connectivity index (χ0) is 10.4. The van der Waals surface area contributed by atoms with Gasteiger partial charge in [-0.05, 0) is 24.8 Å². The molecule has 0 fully saturated rings. The first kappa shape index (κ1) is 11.1. The van der Waals surface area contributed by atoms with E-state index in [1.807, 2.05) is 31.4 Å². The molecule has 0 bridgehead atoms. The van der Waals surface area contributed by atoms with Crippen LogP contribution in [0.3, 0.4) is 0 Å². The maximum atomic E-state index is 11.5. The third kappa shape index (κ3) is 3.07. The van der Waals surface area contributed by atoms with E-state index in [1.54, 1.807) is 17.8 Å². The Morgan fingerprint density at radius 3 is 2.79 bits per heavy atom. The van der Waals surface area contributed by atoms with Crippen molar-refractivity contribution in [2.24, 2.45) is 0 Å². The summed E-state index contributed by atoms with van der Waals surface area (Å²) in [6.07, 6.45) is 1.99. The Balaban J connectivity index is 2.56. The number of rotatable bonds is 4. The van der Waals surface area contributed by atoms with E-state index < -0.39 is 0 Å². The molecule has 0 amide bonds. The van der Waals surface area contributed by atoms with Gasteiger partial charge in [-0.1, -0.05) is 18.2 Å². The average molecular weight is 210 g/mol. The van der Waals surface area contributed by atoms with Gasteiger partial charge in [0, 0.05) is 5.75 Å². The normalized spacial score (nSPS) is 9.86. The second-order valence-electron chi connectivity index (χ2n) is 2.94. The van der Waals surface area contributed by atoms with Crippen LogP contribution in [0.5, 0.6) is 0 Å². The highest BCUT2D eigenvalue weighted by Crippen LogP contribution is 2.08. The standard InChI is InChI=1S/C11H14O2S/c1-9-5-3-4-6-10(9)11(12)13-7-8-14-2/h3-6H,7-8H2,1-2H3. The Labute approximate surface area is 88.7 Å². The van der Waals surface area contributed by atoms with Gasteiger partial charge in [0.2, 0.25) is 0 Å². The molecule has 14 heavy (non-hydrogen) atoms. The number of carbonyl (C=O) groups excluding carboxylic acids is 1. The molecular weight excluding hydrogens is 196 g/mol. The molecule has 0 saturated heterocycles. The van der Waals surface area contributed by atoms with Crippen LogP contribution in [-0.2, 0) is 4.74 Å². The molecule has 0 saturated carbocycles. The van der Waals surface area contributed by atoms with Crippen LogP contribution < -0.4 is 0 Å². The van der Waals surface area contributed by atoms with E-state index in [-0.39, 0.29) is 5.97 Å². The second-order valence-corrected chi connectivity index (χ2v) is 3.93. The molecule has 2 nitrogen and oxygen atoms in total. The van der Waals surface area contributed by atoms with Gasteiger partial charge in [-0.3, -0.25) is 0 Å². The summed E-state index contributed by atoms with van der Waals surface area (Å²) >= 11 is 1.67. The van der Waals surface area contributed by atoms with Crippen molar-refractivity contribution < 1.29 is 9.53 Å². The zero-order valence-electron chi connectivity index (χ0n) is 8.45. The molecule has 0 spiro atoms. The fraction of sp³-hybridized carbons (Fsp3) is 0.364. The first-order valence-electron chi connectivity index (χ1n) is 4.47. The minimum Gasteiger partial charge on any atom is -0.461 e. The summed E-state index contributed by atoms with van der Waals surface area (Å²) in [4.78, 5) is 11.5. The monoisotopic (exact) mass is 210 g/mol. The molecule has 0 unspecified atom stereocenters. The highest BCUT2D eigenvalue weighted by Gasteiger charge is 2.08. The van der Waals surface area contributed by atoms with Crippen LogP contribution in [0.1, 0.15) is 15.9 Å². The van der Waals surface area contributed by atoms with Crippen molar-refractivity contribution in [2.75, 3.05) is 18.6 Å². The lowest BCUT2D eigenvalue weighted by Crippen LogP contribution is -2.09. The average Bonchev–Trinajstić information content (AvgIpc) is 2.18. The fourth-order valence-electron chi connectivity index (χ4n) is 1.10. The van der Waals surface area contributed by atoms with Crippen LogP contribution in [0, 0.1) is 6.92 Å². The molecule has 0 aliphatic heterocycles. The molecule has 1 aromatic carbocycles. The van der Waals surface area contributed by atoms with E-state index in [0.717, 1.165) is 11.3 Å². The SMILES string of the molecule is CSCCOC(=O)c1ccccc1C. The van der Waals surface area contributed by atoms with Crippen molar-refractivity contribution in [2.45, 2.75) is 6.92 Å². The fourth-order valence-corrected chi connectivity index (χ4v) is 1.35. The highest BCUT2D eigenvalue weighted by atomic mass is 32.2. The van der Waals surface area contributed by atoms with Gasteiger partial charge in [0.05, 0.1) is 5.56 Å². The van der Waals surface area contributed by atoms with Crippen molar-refractivity contribution in [3.63, 3.8) is 0 Å². The summed E-state index contributed by atoms with van der Waals surface area (Å²) in [5, 5.41) is 0. The lowest BCUT2D eigenvalue weighted by atomic mass is 10.1. The van der Waals surface area contributed by atoms with E-state index in [4.69, 9.17) is 4.74 Å². The topological polar surface area (TPSA) is 26.3 Å². The van der Waals surface area contributed by atoms with Crippen molar-refractivity contribution in [1.82, 2.24) is 0 Å². The first-order chi connectivity index (χ1) is 6.75. The Hall–Kier alpha value is -0.960. The van der Waals surface area contributed by atoms with Gasteiger partial charge < -0.3 is 4.74 Å². The largest absolute Gasteiger partial charge is 0.461 e. The molecular formula is C11H14O2S. The number of esters is 1. The van der Waals surface area contributed by atoms with E-state index in [2.05, 4.69) is 0 Å². The lowest BCUT2D eigenvalue weighted by molar-refractivity contribution is 0.0529. The Morgan fingerprint density at radius 1 is 1.43 bits per heavy atom.